The Hall–Kier alpha value is 0.600. The molecule has 0 bridgehead atoms. The van der Waals surface area contributed by atoms with Crippen LogP contribution in [0.1, 0.15) is 2.85 Å². The Bertz CT molecular complexity index is 589. The van der Waals surface area contributed by atoms with Gasteiger partial charge >= 0.3 is 59.1 Å². The van der Waals surface area contributed by atoms with Crippen molar-refractivity contribution in [1.29, 1.82) is 0 Å². The molecule has 0 amide bonds. The smallest absolute Gasteiger partial charge is 1.00 e. The number of phenols is 2. The van der Waals surface area contributed by atoms with Crippen molar-refractivity contribution in [1.82, 2.24) is 0 Å². The average Bonchev–Trinajstić information content (AvgIpc) is 2.04. The number of hydrogen-bond donors (Lipinski definition) is 4. The number of phenolic OH excluding ortho intramolecular Hbond substituents is 2. The van der Waals surface area contributed by atoms with Crippen LogP contribution in [0.15, 0.2) is 21.9 Å². The van der Waals surface area contributed by atoms with Gasteiger partial charge in [0, 0.05) is 12.1 Å². The summed E-state index contributed by atoms with van der Waals surface area (Å²) < 4.78 is 59.7. The Labute approximate surface area is 156 Å². The van der Waals surface area contributed by atoms with Crippen LogP contribution in [0, 0.1) is 0 Å². The third-order valence-electron chi connectivity index (χ3n) is 1.60. The van der Waals surface area contributed by atoms with E-state index in [1.165, 1.54) is 0 Å². The summed E-state index contributed by atoms with van der Waals surface area (Å²) in [6, 6.07) is 0.599. The molecular weight excluding hydrogens is 326 g/mol. The Morgan fingerprint density at radius 1 is 0.789 bits per heavy atom. The van der Waals surface area contributed by atoms with Gasteiger partial charge in [-0.05, 0) is 0 Å². The van der Waals surface area contributed by atoms with Gasteiger partial charge < -0.3 is 18.5 Å². The van der Waals surface area contributed by atoms with E-state index in [1.807, 2.05) is 0 Å². The van der Waals surface area contributed by atoms with E-state index >= 15 is 0 Å². The summed E-state index contributed by atoms with van der Waals surface area (Å²) >= 11 is 0. The molecule has 102 valence electrons. The summed E-state index contributed by atoms with van der Waals surface area (Å²) in [5, 5.41) is 18.2. The van der Waals surface area contributed by atoms with Crippen molar-refractivity contribution in [2.45, 2.75) is 9.79 Å². The van der Waals surface area contributed by atoms with Crippen molar-refractivity contribution in [2.24, 2.45) is 0 Å². The van der Waals surface area contributed by atoms with E-state index in [1.54, 1.807) is 0 Å². The van der Waals surface area contributed by atoms with E-state index in [4.69, 9.17) is 19.3 Å². The van der Waals surface area contributed by atoms with Gasteiger partial charge in [0.15, 0.2) is 0 Å². The van der Waals surface area contributed by atoms with Gasteiger partial charge in [-0.2, -0.15) is 16.8 Å². The second-order valence-electron chi connectivity index (χ2n) is 2.74. The molecule has 9 nitrogen and oxygen atoms in total. The topological polar surface area (TPSA) is 181 Å². The first-order chi connectivity index (χ1) is 7.03. The van der Waals surface area contributed by atoms with E-state index in [9.17, 15) is 16.8 Å². The Balaban J connectivity index is -0.000000171. The molecule has 0 aliphatic carbocycles. The molecule has 19 heavy (non-hydrogen) atoms. The van der Waals surface area contributed by atoms with Gasteiger partial charge in [-0.15, -0.1) is 0 Å². The van der Waals surface area contributed by atoms with Crippen LogP contribution in [0.4, 0.5) is 0 Å². The molecule has 1 rings (SSSR count). The van der Waals surface area contributed by atoms with Crippen LogP contribution in [-0.2, 0) is 20.2 Å². The summed E-state index contributed by atoms with van der Waals surface area (Å²) in [7, 11) is -9.61. The first-order valence-corrected chi connectivity index (χ1v) is 6.42. The van der Waals surface area contributed by atoms with Crippen molar-refractivity contribution in [2.75, 3.05) is 0 Å². The molecule has 1 aromatic carbocycles. The minimum atomic E-state index is -4.80. The summed E-state index contributed by atoms with van der Waals surface area (Å²) in [5.41, 5.74) is 0. The molecule has 0 aliphatic heterocycles. The Kier molecular flexibility index (Phi) is 10.5. The van der Waals surface area contributed by atoms with Gasteiger partial charge in [-0.3, -0.25) is 9.11 Å². The monoisotopic (exact) mass is 336 g/mol. The zero-order chi connectivity index (χ0) is 12.7. The van der Waals surface area contributed by atoms with Crippen LogP contribution in [0.5, 0.6) is 11.5 Å². The predicted molar refractivity (Wildman–Crippen MR) is 55.2 cm³/mol. The molecule has 0 spiro atoms. The van der Waals surface area contributed by atoms with Crippen molar-refractivity contribution in [3.8, 4) is 11.5 Å². The van der Waals surface area contributed by atoms with Gasteiger partial charge in [0.25, 0.3) is 20.2 Å². The van der Waals surface area contributed by atoms with Crippen molar-refractivity contribution >= 4 is 20.2 Å². The average molecular weight is 336 g/mol. The molecule has 0 aromatic heterocycles. The summed E-state index contributed by atoms with van der Waals surface area (Å²) in [5.74, 6) is -2.24. The quantitative estimate of drug-likeness (QED) is 0.233. The van der Waals surface area contributed by atoms with E-state index in [2.05, 4.69) is 0 Å². The van der Waals surface area contributed by atoms with Crippen LogP contribution in [0.3, 0.4) is 0 Å². The summed E-state index contributed by atoms with van der Waals surface area (Å²) in [4.78, 5) is -2.14. The van der Waals surface area contributed by atoms with Crippen molar-refractivity contribution in [3.05, 3.63) is 12.1 Å². The zero-order valence-electron chi connectivity index (χ0n) is 11.9. The molecule has 1 aromatic rings. The van der Waals surface area contributed by atoms with Crippen molar-refractivity contribution in [3.63, 3.8) is 0 Å². The molecule has 0 saturated heterocycles. The third-order valence-corrected chi connectivity index (χ3v) is 3.36. The van der Waals surface area contributed by atoms with E-state index < -0.39 is 41.5 Å². The van der Waals surface area contributed by atoms with Crippen LogP contribution < -0.4 is 59.1 Å². The SMILES string of the molecule is O.O=S(=O)(O)c1cc(O)c(S(=O)(=O)O)cc1O.[H-].[H-].[Na+].[Na+]. The molecule has 0 atom stereocenters. The number of benzene rings is 1. The standard InChI is InChI=1S/C6H6O8S2.2Na.H2O.2H/c7-3-1-5(15(9,10)11)4(8)2-6(3)16(12,13)14;;;;;/h1-2,7-8H,(H,9,10,11)(H,12,13,14);;;1H2;;/q;2*+1;;2*-1. The van der Waals surface area contributed by atoms with Crippen LogP contribution >= 0.6 is 0 Å². The van der Waals surface area contributed by atoms with E-state index in [0.717, 1.165) is 0 Å². The maximum absolute atomic E-state index is 10.6. The number of hydrogen-bond acceptors (Lipinski definition) is 6. The van der Waals surface area contributed by atoms with Gasteiger partial charge in [0.1, 0.15) is 21.3 Å². The second kappa shape index (κ2) is 8.14. The molecule has 0 aliphatic rings. The Morgan fingerprint density at radius 3 is 1.16 bits per heavy atom. The third kappa shape index (κ3) is 6.27. The maximum Gasteiger partial charge on any atom is 1.00 e. The predicted octanol–water partition coefficient (Wildman–Crippen LogP) is -7.00. The maximum atomic E-state index is 10.6. The zero-order valence-corrected chi connectivity index (χ0v) is 15.5. The van der Waals surface area contributed by atoms with Gasteiger partial charge in [0.05, 0.1) is 0 Å². The van der Waals surface area contributed by atoms with E-state index in [0.29, 0.717) is 12.1 Å². The van der Waals surface area contributed by atoms with Crippen LogP contribution in [-0.4, -0.2) is 41.6 Å². The molecule has 0 unspecified atom stereocenters. The largest absolute Gasteiger partial charge is 1.00 e. The first kappa shape index (κ1) is 24.6. The molecule has 0 heterocycles. The van der Waals surface area contributed by atoms with Crippen LogP contribution in [0.2, 0.25) is 0 Å². The van der Waals surface area contributed by atoms with Gasteiger partial charge in [-0.1, -0.05) is 0 Å². The fourth-order valence-corrected chi connectivity index (χ4v) is 2.12. The number of rotatable bonds is 2. The molecule has 0 radical (unpaired) electrons. The van der Waals surface area contributed by atoms with E-state index in [-0.39, 0.29) is 67.4 Å². The molecule has 13 heteroatoms. The minimum absolute atomic E-state index is 0. The van der Waals surface area contributed by atoms with Gasteiger partial charge in [-0.25, -0.2) is 0 Å². The number of aromatic hydroxyl groups is 2. The first-order valence-electron chi connectivity index (χ1n) is 3.54. The van der Waals surface area contributed by atoms with Crippen LogP contribution in [0.25, 0.3) is 0 Å². The summed E-state index contributed by atoms with van der Waals surface area (Å²) in [6.07, 6.45) is 0. The fraction of sp³-hybridized carbons (Fsp3) is 0. The fourth-order valence-electron chi connectivity index (χ4n) is 0.952. The normalized spacial score (nSPS) is 10.6. The molecule has 0 saturated carbocycles. The minimum Gasteiger partial charge on any atom is -1.00 e. The molecule has 6 N–H and O–H groups in total. The molecule has 0 fully saturated rings. The summed E-state index contributed by atoms with van der Waals surface area (Å²) in [6.45, 7) is 0. The van der Waals surface area contributed by atoms with Crippen molar-refractivity contribution < 1.29 is 104 Å². The second-order valence-corrected chi connectivity index (χ2v) is 5.52. The van der Waals surface area contributed by atoms with Gasteiger partial charge in [0.2, 0.25) is 0 Å². The molecular formula is C6H10Na2O9S2. The Morgan fingerprint density at radius 2 is 1.00 bits per heavy atom.